The maximum atomic E-state index is 12.1. The summed E-state index contributed by atoms with van der Waals surface area (Å²) in [5.74, 6) is 1.14. The van der Waals surface area contributed by atoms with Crippen LogP contribution < -0.4 is 16.0 Å². The molecule has 1 aliphatic rings. The van der Waals surface area contributed by atoms with Gasteiger partial charge in [0, 0.05) is 37.6 Å². The van der Waals surface area contributed by atoms with E-state index in [0.717, 1.165) is 42.4 Å². The number of nitrogens with zero attached hydrogens (tertiary/aromatic N) is 1. The summed E-state index contributed by atoms with van der Waals surface area (Å²) in [6.45, 7) is 2.02. The van der Waals surface area contributed by atoms with Gasteiger partial charge in [0.05, 0.1) is 0 Å². The van der Waals surface area contributed by atoms with E-state index in [9.17, 15) is 4.79 Å². The molecule has 1 amide bonds. The molecule has 25 heavy (non-hydrogen) atoms. The Balaban J connectivity index is 1.60. The highest BCUT2D eigenvalue weighted by Gasteiger charge is 2.20. The van der Waals surface area contributed by atoms with Crippen LogP contribution in [-0.2, 0) is 11.2 Å². The lowest BCUT2D eigenvalue weighted by molar-refractivity contribution is -0.125. The van der Waals surface area contributed by atoms with Gasteiger partial charge in [-0.15, -0.1) is 0 Å². The molecule has 0 radical (unpaired) electrons. The molecule has 0 aliphatic heterocycles. The van der Waals surface area contributed by atoms with Crippen molar-refractivity contribution in [2.45, 2.75) is 38.5 Å². The molecule has 3 N–H and O–H groups in total. The first-order valence-electron chi connectivity index (χ1n) is 9.16. The molecule has 1 aromatic rings. The number of carbonyl (C=O) groups excluding carboxylic acids is 1. The van der Waals surface area contributed by atoms with Crippen molar-refractivity contribution in [2.75, 3.05) is 26.7 Å². The maximum absolute atomic E-state index is 12.1. The van der Waals surface area contributed by atoms with E-state index in [1.165, 1.54) is 19.3 Å². The summed E-state index contributed by atoms with van der Waals surface area (Å²) in [6, 6.07) is 7.85. The molecule has 0 unspecified atom stereocenters. The fraction of sp³-hybridized carbons (Fsp3) is 0.579. The van der Waals surface area contributed by atoms with Crippen LogP contribution in [0.5, 0.6) is 0 Å². The van der Waals surface area contributed by atoms with Crippen molar-refractivity contribution in [3.05, 3.63) is 34.9 Å². The van der Waals surface area contributed by atoms with E-state index >= 15 is 0 Å². The predicted octanol–water partition coefficient (Wildman–Crippen LogP) is 2.74. The van der Waals surface area contributed by atoms with Gasteiger partial charge in [0.2, 0.25) is 5.91 Å². The minimum absolute atomic E-state index is 0.197. The lowest BCUT2D eigenvalue weighted by atomic mass is 9.89. The van der Waals surface area contributed by atoms with Crippen LogP contribution in [0.15, 0.2) is 29.3 Å². The zero-order chi connectivity index (χ0) is 17.9. The summed E-state index contributed by atoms with van der Waals surface area (Å²) >= 11 is 6.16. The van der Waals surface area contributed by atoms with Crippen molar-refractivity contribution in [3.8, 4) is 0 Å². The molecule has 0 heterocycles. The molecule has 1 aliphatic carbocycles. The number of aliphatic imine (C=N–C) groups is 1. The minimum Gasteiger partial charge on any atom is -0.356 e. The first-order valence-corrected chi connectivity index (χ1v) is 9.54. The first kappa shape index (κ1) is 19.6. The highest BCUT2D eigenvalue weighted by molar-refractivity contribution is 6.31. The van der Waals surface area contributed by atoms with Crippen LogP contribution in [-0.4, -0.2) is 38.5 Å². The largest absolute Gasteiger partial charge is 0.356 e. The second-order valence-electron chi connectivity index (χ2n) is 6.39. The third-order valence-electron chi connectivity index (χ3n) is 4.56. The number of halogens is 1. The Kier molecular flexibility index (Phi) is 8.60. The second kappa shape index (κ2) is 11.0. The second-order valence-corrected chi connectivity index (χ2v) is 6.80. The number of benzene rings is 1. The van der Waals surface area contributed by atoms with E-state index in [0.29, 0.717) is 13.1 Å². The van der Waals surface area contributed by atoms with Crippen LogP contribution in [0.25, 0.3) is 0 Å². The maximum Gasteiger partial charge on any atom is 0.223 e. The monoisotopic (exact) mass is 364 g/mol. The van der Waals surface area contributed by atoms with Crippen LogP contribution in [0.2, 0.25) is 5.02 Å². The molecule has 5 nitrogen and oxygen atoms in total. The molecular weight excluding hydrogens is 336 g/mol. The summed E-state index contributed by atoms with van der Waals surface area (Å²) in [6.07, 6.45) is 6.52. The Morgan fingerprint density at radius 1 is 1.08 bits per heavy atom. The highest BCUT2D eigenvalue weighted by atomic mass is 35.5. The molecule has 138 valence electrons. The average Bonchev–Trinajstić information content (AvgIpc) is 2.65. The Labute approximate surface area is 155 Å². The Bertz CT molecular complexity index is 570. The van der Waals surface area contributed by atoms with E-state index in [-0.39, 0.29) is 11.8 Å². The number of rotatable bonds is 7. The summed E-state index contributed by atoms with van der Waals surface area (Å²) in [7, 11) is 1.74. The fourth-order valence-electron chi connectivity index (χ4n) is 3.11. The van der Waals surface area contributed by atoms with Gasteiger partial charge in [-0.05, 0) is 30.9 Å². The lowest BCUT2D eigenvalue weighted by Crippen LogP contribution is -2.43. The minimum atomic E-state index is 0.197. The molecule has 0 aromatic heterocycles. The van der Waals surface area contributed by atoms with Crippen LogP contribution in [0.4, 0.5) is 0 Å². The van der Waals surface area contributed by atoms with Crippen LogP contribution in [0.3, 0.4) is 0 Å². The third kappa shape index (κ3) is 6.94. The number of amides is 1. The molecule has 6 heteroatoms. The van der Waals surface area contributed by atoms with Gasteiger partial charge >= 0.3 is 0 Å². The molecule has 1 aromatic carbocycles. The summed E-state index contributed by atoms with van der Waals surface area (Å²) in [4.78, 5) is 16.3. The normalized spacial score (nSPS) is 15.7. The van der Waals surface area contributed by atoms with Gasteiger partial charge in [0.25, 0.3) is 0 Å². The molecule has 2 rings (SSSR count). The van der Waals surface area contributed by atoms with Crippen molar-refractivity contribution in [1.82, 2.24) is 16.0 Å². The predicted molar refractivity (Wildman–Crippen MR) is 104 cm³/mol. The molecule has 0 atom stereocenters. The van der Waals surface area contributed by atoms with Gasteiger partial charge in [0.1, 0.15) is 0 Å². The molecule has 0 spiro atoms. The lowest BCUT2D eigenvalue weighted by Gasteiger charge is -2.21. The van der Waals surface area contributed by atoms with E-state index in [1.807, 2.05) is 24.3 Å². The smallest absolute Gasteiger partial charge is 0.223 e. The zero-order valence-electron chi connectivity index (χ0n) is 15.0. The number of guanidine groups is 1. The quantitative estimate of drug-likeness (QED) is 0.396. The average molecular weight is 365 g/mol. The molecule has 1 fully saturated rings. The highest BCUT2D eigenvalue weighted by Crippen LogP contribution is 2.23. The van der Waals surface area contributed by atoms with Crippen molar-refractivity contribution in [1.29, 1.82) is 0 Å². The Morgan fingerprint density at radius 2 is 1.76 bits per heavy atom. The van der Waals surface area contributed by atoms with Crippen LogP contribution in [0.1, 0.15) is 37.7 Å². The first-order chi connectivity index (χ1) is 12.2. The van der Waals surface area contributed by atoms with Crippen LogP contribution in [0, 0.1) is 5.92 Å². The van der Waals surface area contributed by atoms with Crippen molar-refractivity contribution in [2.24, 2.45) is 10.9 Å². The van der Waals surface area contributed by atoms with Crippen molar-refractivity contribution in [3.63, 3.8) is 0 Å². The summed E-state index contributed by atoms with van der Waals surface area (Å²) in [5.41, 5.74) is 1.12. The standard InChI is InChI=1S/C19H29ClN4O/c1-21-19(23-12-11-15-7-5-6-10-17(15)20)24-14-13-22-18(25)16-8-3-2-4-9-16/h5-7,10,16H,2-4,8-9,11-14H2,1H3,(H,22,25)(H2,21,23,24). The van der Waals surface area contributed by atoms with Gasteiger partial charge < -0.3 is 16.0 Å². The van der Waals surface area contributed by atoms with E-state index in [1.54, 1.807) is 7.05 Å². The van der Waals surface area contributed by atoms with Crippen molar-refractivity contribution >= 4 is 23.5 Å². The summed E-state index contributed by atoms with van der Waals surface area (Å²) in [5, 5.41) is 10.3. The molecule has 0 saturated heterocycles. The molecule has 0 bridgehead atoms. The Morgan fingerprint density at radius 3 is 2.48 bits per heavy atom. The van der Waals surface area contributed by atoms with Gasteiger partial charge in [-0.3, -0.25) is 9.79 Å². The summed E-state index contributed by atoms with van der Waals surface area (Å²) < 4.78 is 0. The van der Waals surface area contributed by atoms with Crippen LogP contribution >= 0.6 is 11.6 Å². The number of nitrogens with one attached hydrogen (secondary N) is 3. The number of hydrogen-bond acceptors (Lipinski definition) is 2. The van der Waals surface area contributed by atoms with E-state index in [2.05, 4.69) is 20.9 Å². The van der Waals surface area contributed by atoms with Gasteiger partial charge in [-0.2, -0.15) is 0 Å². The topological polar surface area (TPSA) is 65.5 Å². The fourth-order valence-corrected chi connectivity index (χ4v) is 3.34. The van der Waals surface area contributed by atoms with E-state index in [4.69, 9.17) is 11.6 Å². The van der Waals surface area contributed by atoms with Gasteiger partial charge in [-0.1, -0.05) is 49.1 Å². The third-order valence-corrected chi connectivity index (χ3v) is 4.93. The van der Waals surface area contributed by atoms with Crippen molar-refractivity contribution < 1.29 is 4.79 Å². The SMILES string of the molecule is CN=C(NCCNC(=O)C1CCCCC1)NCCc1ccccc1Cl. The molecule has 1 saturated carbocycles. The van der Waals surface area contributed by atoms with Gasteiger partial charge in [-0.25, -0.2) is 0 Å². The zero-order valence-corrected chi connectivity index (χ0v) is 15.7. The number of hydrogen-bond donors (Lipinski definition) is 3. The van der Waals surface area contributed by atoms with Gasteiger partial charge in [0.15, 0.2) is 5.96 Å². The number of carbonyl (C=O) groups is 1. The van der Waals surface area contributed by atoms with E-state index < -0.39 is 0 Å². The molecular formula is C19H29ClN4O. The Hall–Kier alpha value is -1.75.